The van der Waals surface area contributed by atoms with Crippen molar-refractivity contribution in [3.8, 4) is 69.0 Å². The summed E-state index contributed by atoms with van der Waals surface area (Å²) in [6.45, 7) is 71.8. The van der Waals surface area contributed by atoms with Gasteiger partial charge in [-0.05, 0) is 322 Å². The van der Waals surface area contributed by atoms with E-state index in [-0.39, 0.29) is 61.6 Å². The molecular formula is C102H180O30Si6. The quantitative estimate of drug-likeness (QED) is 0.0330. The van der Waals surface area contributed by atoms with E-state index in [1.807, 2.05) is 358 Å². The van der Waals surface area contributed by atoms with Crippen molar-refractivity contribution in [3.05, 3.63) is 109 Å². The van der Waals surface area contributed by atoms with E-state index in [0.29, 0.717) is 62.7 Å². The minimum Gasteiger partial charge on any atom is -0.488 e. The molecule has 0 bridgehead atoms. The molecule has 6 rings (SSSR count). The molecule has 6 aromatic carbocycles. The number of hydrogen-bond donors (Lipinski definition) is 0. The first kappa shape index (κ1) is 130. The van der Waals surface area contributed by atoms with Crippen LogP contribution in [0.25, 0.3) is 0 Å². The lowest BCUT2D eigenvalue weighted by molar-refractivity contribution is 0.0939. The molecule has 0 aromatic heterocycles. The van der Waals surface area contributed by atoms with E-state index in [1.165, 1.54) is 0 Å². The van der Waals surface area contributed by atoms with Crippen LogP contribution < -0.4 is 88.0 Å². The molecule has 0 aliphatic heterocycles. The van der Waals surface area contributed by atoms with Gasteiger partial charge in [0.25, 0.3) is 0 Å². The highest BCUT2D eigenvalue weighted by Gasteiger charge is 2.51. The lowest BCUT2D eigenvalue weighted by Gasteiger charge is -2.32. The Morgan fingerprint density at radius 2 is 0.406 bits per heavy atom. The van der Waals surface area contributed by atoms with Crippen molar-refractivity contribution in [1.82, 2.24) is 0 Å². The molecule has 792 valence electrons. The Labute approximate surface area is 838 Å². The van der Waals surface area contributed by atoms with E-state index in [1.54, 1.807) is 128 Å². The zero-order valence-corrected chi connectivity index (χ0v) is 101. The van der Waals surface area contributed by atoms with Crippen LogP contribution >= 0.6 is 0 Å². The molecule has 6 aromatic rings. The van der Waals surface area contributed by atoms with Crippen LogP contribution in [-0.2, 0) is 79.7 Å². The molecule has 0 unspecified atom stereocenters. The fourth-order valence-corrected chi connectivity index (χ4v) is 24.3. The number of rotatable bonds is 36. The minimum atomic E-state index is -3.13. The second-order valence-electron chi connectivity index (χ2n) is 43.5. The minimum absolute atomic E-state index is 0.293. The lowest BCUT2D eigenvalue weighted by atomic mass is 10.1. The third-order valence-corrected chi connectivity index (χ3v) is 33.5. The third kappa shape index (κ3) is 43.2. The van der Waals surface area contributed by atoms with Gasteiger partial charge in [0.05, 0.1) is 15.6 Å². The lowest BCUT2D eigenvalue weighted by Crippen LogP contribution is -2.56. The molecule has 0 saturated heterocycles. The molecule has 0 aliphatic rings. The predicted molar refractivity (Wildman–Crippen MR) is 562 cm³/mol. The summed E-state index contributed by atoms with van der Waals surface area (Å²) in [4.78, 5) is 0. The van der Waals surface area contributed by atoms with E-state index in [9.17, 15) is 0 Å². The Balaban J connectivity index is 0.000000828. The van der Waals surface area contributed by atoms with Gasteiger partial charge in [0, 0.05) is 150 Å². The van der Waals surface area contributed by atoms with E-state index in [2.05, 4.69) is 0 Å². The molecule has 0 atom stereocenters. The van der Waals surface area contributed by atoms with Gasteiger partial charge in [-0.1, -0.05) is 24.3 Å². The second-order valence-corrected chi connectivity index (χ2v) is 60.8. The highest BCUT2D eigenvalue weighted by Crippen LogP contribution is 2.38. The molecule has 0 radical (unpaired) electrons. The van der Waals surface area contributed by atoms with Gasteiger partial charge in [-0.2, -0.15) is 0 Å². The molecule has 0 spiro atoms. The average Bonchev–Trinajstić information content (AvgIpc) is 0.808. The van der Waals surface area contributed by atoms with Crippen molar-refractivity contribution in [2.24, 2.45) is 0 Å². The third-order valence-electron chi connectivity index (χ3n) is 17.6. The second kappa shape index (κ2) is 52.8. The van der Waals surface area contributed by atoms with Crippen LogP contribution in [0, 0.1) is 0 Å². The summed E-state index contributed by atoms with van der Waals surface area (Å²) >= 11 is 0. The summed E-state index contributed by atoms with van der Waals surface area (Å²) in [5, 5.41) is 4.61. The number of hydrogen-bond acceptors (Lipinski definition) is 30. The molecule has 0 saturated carbocycles. The molecule has 0 fully saturated rings. The molecule has 0 N–H and O–H groups in total. The smallest absolute Gasteiger partial charge is 0.488 e. The van der Waals surface area contributed by atoms with Crippen LogP contribution in [0.3, 0.4) is 0 Å². The molecule has 36 heteroatoms. The van der Waals surface area contributed by atoms with Crippen molar-refractivity contribution >= 4 is 83.9 Å². The van der Waals surface area contributed by atoms with Crippen molar-refractivity contribution in [2.45, 2.75) is 316 Å². The van der Waals surface area contributed by atoms with Crippen LogP contribution in [0.4, 0.5) is 0 Å². The summed E-state index contributed by atoms with van der Waals surface area (Å²) in [5.74, 6) is 8.04. The topological polar surface area (TPSA) is 277 Å². The highest BCUT2D eigenvalue weighted by molar-refractivity contribution is 6.78. The standard InChI is InChI=1S/6C17H30O5Si/c1-16(2,3)21-13-10-14(22-17(4,5)6)12-15(11-13)23(18-7,19-8)20-9;1-16(2,3)21-13-10-11-15(23(18-7,19-8)20-9)14(12-13)22-17(4,5)6;1-16(2,3)21-14-11-10-13(23(18-7,19-8)20-9)12-15(14)22-17(4,5)6;1-16(2,3)21-13-10-11-14(22-17(4,5)6)15(12-13)23(18-7,19-8)20-9;1-16(2,3)21-13-11-10-12-14(15(13)22-17(4,5)6)23(18-7,19-8)20-9;1-16(2,3)21-13-11-10-12-14(22-17(4,5)6)15(13)23(18-7,19-8)20-9/h6*10-12H,1-9H3. The van der Waals surface area contributed by atoms with E-state index in [0.717, 1.165) is 37.4 Å². The highest BCUT2D eigenvalue weighted by atomic mass is 28.4. The predicted octanol–water partition coefficient (Wildman–Crippen LogP) is 18.8. The van der Waals surface area contributed by atoms with Crippen LogP contribution in [0.5, 0.6) is 69.0 Å². The summed E-state index contributed by atoms with van der Waals surface area (Å²) in [6, 6.07) is 34.0. The monoisotopic (exact) mass is 2050 g/mol. The summed E-state index contributed by atoms with van der Waals surface area (Å²) in [7, 11) is 10.4. The Bertz CT molecular complexity index is 4390. The van der Waals surface area contributed by atoms with Crippen LogP contribution in [-0.4, -0.2) is 248 Å². The first-order valence-electron chi connectivity index (χ1n) is 45.9. The molecule has 0 heterocycles. The summed E-state index contributed by atoms with van der Waals surface area (Å²) < 4.78 is 174. The normalized spacial score (nSPS) is 13.1. The average molecular weight is 2060 g/mol. The van der Waals surface area contributed by atoms with Gasteiger partial charge in [-0.25, -0.2) is 0 Å². The fourth-order valence-electron chi connectivity index (χ4n) is 13.0. The maximum absolute atomic E-state index is 6.19. The van der Waals surface area contributed by atoms with Gasteiger partial charge in [0.1, 0.15) is 118 Å². The van der Waals surface area contributed by atoms with Crippen LogP contribution in [0.15, 0.2) is 109 Å². The molecule has 30 nitrogen and oxygen atoms in total. The zero-order chi connectivity index (χ0) is 107. The van der Waals surface area contributed by atoms with E-state index < -0.39 is 58.4 Å². The SMILES string of the molecule is CO[Si](OC)(OC)c1c(OC(C)(C)C)cccc1OC(C)(C)C.CO[Si](OC)(OC)c1cc(OC(C)(C)C)cc(OC(C)(C)C)c1.CO[Si](OC)(OC)c1cc(OC(C)(C)C)ccc1OC(C)(C)C.CO[Si](OC)(OC)c1ccc(OC(C)(C)C)c(OC(C)(C)C)c1.CO[Si](OC)(OC)c1ccc(OC(C)(C)C)cc1OC(C)(C)C.CO[Si](OC)(OC)c1cccc(OC(C)(C)C)c1OC(C)(C)C. The van der Waals surface area contributed by atoms with Crippen molar-refractivity contribution in [3.63, 3.8) is 0 Å². The number of benzene rings is 6. The Morgan fingerprint density at radius 3 is 0.746 bits per heavy atom. The summed E-state index contributed by atoms with van der Waals surface area (Å²) in [5.41, 5.74) is -4.14. The van der Waals surface area contributed by atoms with Gasteiger partial charge in [-0.3, -0.25) is 0 Å². The van der Waals surface area contributed by atoms with Crippen molar-refractivity contribution in [1.29, 1.82) is 0 Å². The van der Waals surface area contributed by atoms with Gasteiger partial charge in [0.15, 0.2) is 23.0 Å². The number of ether oxygens (including phenoxy) is 12. The molecular weight excluding hydrogens is 1870 g/mol. The van der Waals surface area contributed by atoms with Crippen LogP contribution in [0.2, 0.25) is 0 Å². The summed E-state index contributed by atoms with van der Waals surface area (Å²) in [6.07, 6.45) is 0. The maximum Gasteiger partial charge on any atom is 0.544 e. The van der Waals surface area contributed by atoms with Gasteiger partial charge < -0.3 is 137 Å². The Kier molecular flexibility index (Phi) is 49.6. The first-order chi connectivity index (χ1) is 62.8. The fraction of sp³-hybridized carbons (Fsp3) is 0.647. The first-order valence-corrected chi connectivity index (χ1v) is 56.2. The Hall–Kier alpha value is -6.50. The van der Waals surface area contributed by atoms with Crippen molar-refractivity contribution < 1.29 is 137 Å². The molecule has 138 heavy (non-hydrogen) atoms. The largest absolute Gasteiger partial charge is 0.544 e. The van der Waals surface area contributed by atoms with E-state index in [4.69, 9.17) is 137 Å². The zero-order valence-electron chi connectivity index (χ0n) is 94.6. The van der Waals surface area contributed by atoms with Gasteiger partial charge >= 0.3 is 52.8 Å². The maximum atomic E-state index is 6.19. The van der Waals surface area contributed by atoms with Gasteiger partial charge in [0.2, 0.25) is 0 Å². The molecule has 0 aliphatic carbocycles. The van der Waals surface area contributed by atoms with E-state index >= 15 is 0 Å². The Morgan fingerprint density at radius 1 is 0.152 bits per heavy atom. The van der Waals surface area contributed by atoms with Gasteiger partial charge in [-0.15, -0.1) is 0 Å². The van der Waals surface area contributed by atoms with Crippen LogP contribution in [0.1, 0.15) is 249 Å². The molecule has 0 amide bonds. The van der Waals surface area contributed by atoms with Crippen molar-refractivity contribution in [2.75, 3.05) is 128 Å². The number of para-hydroxylation sites is 1.